The molecule has 0 aliphatic rings. The minimum absolute atomic E-state index is 0.00711. The van der Waals surface area contributed by atoms with E-state index >= 15 is 0 Å². The number of benzene rings is 1. The zero-order valence-corrected chi connectivity index (χ0v) is 12.0. The lowest BCUT2D eigenvalue weighted by molar-refractivity contribution is -0.120. The highest BCUT2D eigenvalue weighted by Gasteiger charge is 2.07. The predicted molar refractivity (Wildman–Crippen MR) is 77.3 cm³/mol. The summed E-state index contributed by atoms with van der Waals surface area (Å²) in [6, 6.07) is 9.49. The first-order valence-electron chi connectivity index (χ1n) is 6.77. The van der Waals surface area contributed by atoms with Crippen LogP contribution in [-0.2, 0) is 4.79 Å². The van der Waals surface area contributed by atoms with E-state index in [-0.39, 0.29) is 18.6 Å². The van der Waals surface area contributed by atoms with Crippen LogP contribution >= 0.6 is 0 Å². The minimum atomic E-state index is 0.00711. The molecule has 0 saturated heterocycles. The van der Waals surface area contributed by atoms with Crippen molar-refractivity contribution in [2.45, 2.75) is 26.3 Å². The molecule has 1 amide bonds. The maximum atomic E-state index is 11.5. The average molecular weight is 275 g/mol. The predicted octanol–water partition coefficient (Wildman–Crippen LogP) is 1.77. The van der Waals surface area contributed by atoms with Gasteiger partial charge >= 0.3 is 0 Å². The summed E-state index contributed by atoms with van der Waals surface area (Å²) >= 11 is 0. The van der Waals surface area contributed by atoms with Crippen molar-refractivity contribution in [3.63, 3.8) is 0 Å². The van der Waals surface area contributed by atoms with Crippen LogP contribution in [0.1, 0.15) is 31.9 Å². The number of carbonyl (C=O) groups excluding carboxylic acids is 1. The Hall–Kier alpha value is -2.06. The second kappa shape index (κ2) is 8.94. The van der Waals surface area contributed by atoms with Crippen LogP contribution in [0.5, 0.6) is 5.75 Å². The molecule has 0 aliphatic carbocycles. The molecule has 0 aliphatic heterocycles. The number of ether oxygens (including phenoxy) is 1. The number of hydrogen-bond acceptors (Lipinski definition) is 4. The van der Waals surface area contributed by atoms with E-state index in [4.69, 9.17) is 10.00 Å². The van der Waals surface area contributed by atoms with Crippen LogP contribution in [-0.4, -0.2) is 25.6 Å². The zero-order valence-electron chi connectivity index (χ0n) is 12.0. The van der Waals surface area contributed by atoms with Crippen molar-refractivity contribution >= 4 is 5.91 Å². The number of nitriles is 1. The summed E-state index contributed by atoms with van der Waals surface area (Å²) in [6.07, 6.45) is 0.936. The number of nitrogens with one attached hydrogen (secondary N) is 2. The van der Waals surface area contributed by atoms with Gasteiger partial charge in [-0.3, -0.25) is 4.79 Å². The first-order chi connectivity index (χ1) is 9.67. The molecule has 0 heterocycles. The Balaban J connectivity index is 2.41. The van der Waals surface area contributed by atoms with Crippen molar-refractivity contribution in [1.82, 2.24) is 10.6 Å². The standard InChI is InChI=1S/C15H21N3O2/c1-3-9-17-15(19)11-18-12(2)13-4-6-14(7-5-13)20-10-8-16/h4-7,12,18H,3,9-11H2,1-2H3,(H,17,19). The second-order valence-electron chi connectivity index (χ2n) is 4.47. The average Bonchev–Trinajstić information content (AvgIpc) is 2.49. The van der Waals surface area contributed by atoms with Gasteiger partial charge in [-0.25, -0.2) is 0 Å². The highest BCUT2D eigenvalue weighted by atomic mass is 16.5. The fourth-order valence-electron chi connectivity index (χ4n) is 1.66. The van der Waals surface area contributed by atoms with Gasteiger partial charge in [0.05, 0.1) is 6.54 Å². The maximum absolute atomic E-state index is 11.5. The van der Waals surface area contributed by atoms with Crippen molar-refractivity contribution in [3.05, 3.63) is 29.8 Å². The Kier molecular flexibility index (Phi) is 7.15. The molecule has 1 atom stereocenters. The third-order valence-corrected chi connectivity index (χ3v) is 2.82. The number of amides is 1. The number of carbonyl (C=O) groups is 1. The molecule has 0 spiro atoms. The lowest BCUT2D eigenvalue weighted by Gasteiger charge is -2.14. The molecule has 1 unspecified atom stereocenters. The van der Waals surface area contributed by atoms with Gasteiger partial charge in [-0.1, -0.05) is 19.1 Å². The van der Waals surface area contributed by atoms with Gasteiger partial charge in [-0.15, -0.1) is 0 Å². The monoisotopic (exact) mass is 275 g/mol. The molecule has 108 valence electrons. The van der Waals surface area contributed by atoms with Crippen molar-refractivity contribution in [1.29, 1.82) is 5.26 Å². The molecule has 1 aromatic rings. The molecule has 1 rings (SSSR count). The van der Waals surface area contributed by atoms with Crippen LogP contribution in [0.4, 0.5) is 0 Å². The topological polar surface area (TPSA) is 74.2 Å². The first kappa shape index (κ1) is 16.0. The summed E-state index contributed by atoms with van der Waals surface area (Å²) in [4.78, 5) is 11.5. The third-order valence-electron chi connectivity index (χ3n) is 2.82. The fourth-order valence-corrected chi connectivity index (χ4v) is 1.66. The molecule has 0 bridgehead atoms. The Morgan fingerprint density at radius 1 is 1.40 bits per heavy atom. The van der Waals surface area contributed by atoms with Crippen LogP contribution in [0.2, 0.25) is 0 Å². The van der Waals surface area contributed by atoms with E-state index in [1.165, 1.54) is 0 Å². The van der Waals surface area contributed by atoms with Gasteiger partial charge in [-0.2, -0.15) is 5.26 Å². The van der Waals surface area contributed by atoms with Crippen molar-refractivity contribution in [2.75, 3.05) is 19.7 Å². The minimum Gasteiger partial charge on any atom is -0.479 e. The first-order valence-corrected chi connectivity index (χ1v) is 6.77. The molecule has 1 aromatic carbocycles. The molecule has 20 heavy (non-hydrogen) atoms. The van der Waals surface area contributed by atoms with E-state index in [2.05, 4.69) is 10.6 Å². The fraction of sp³-hybridized carbons (Fsp3) is 0.467. The number of hydrogen-bond donors (Lipinski definition) is 2. The van der Waals surface area contributed by atoms with E-state index in [1.807, 2.05) is 44.2 Å². The zero-order chi connectivity index (χ0) is 14.8. The highest BCUT2D eigenvalue weighted by Crippen LogP contribution is 2.17. The van der Waals surface area contributed by atoms with Crippen molar-refractivity contribution < 1.29 is 9.53 Å². The summed E-state index contributed by atoms with van der Waals surface area (Å²) in [6.45, 7) is 5.07. The summed E-state index contributed by atoms with van der Waals surface area (Å²) < 4.78 is 5.19. The van der Waals surface area contributed by atoms with Gasteiger partial charge in [0.1, 0.15) is 11.8 Å². The Bertz CT molecular complexity index is 451. The van der Waals surface area contributed by atoms with Gasteiger partial charge in [0, 0.05) is 12.6 Å². The molecule has 2 N–H and O–H groups in total. The molecular weight excluding hydrogens is 254 g/mol. The molecule has 5 heteroatoms. The number of rotatable bonds is 8. The summed E-state index contributed by atoms with van der Waals surface area (Å²) in [7, 11) is 0. The van der Waals surface area contributed by atoms with Crippen LogP contribution in [0, 0.1) is 11.3 Å². The van der Waals surface area contributed by atoms with Gasteiger partial charge in [0.25, 0.3) is 0 Å². The van der Waals surface area contributed by atoms with Crippen LogP contribution < -0.4 is 15.4 Å². The van der Waals surface area contributed by atoms with Gasteiger partial charge in [0.2, 0.25) is 5.91 Å². The number of nitrogens with zero attached hydrogens (tertiary/aromatic N) is 1. The molecule has 0 aromatic heterocycles. The van der Waals surface area contributed by atoms with E-state index in [9.17, 15) is 4.79 Å². The molecule has 0 radical (unpaired) electrons. The Morgan fingerprint density at radius 2 is 2.10 bits per heavy atom. The van der Waals surface area contributed by atoms with E-state index in [1.54, 1.807) is 0 Å². The van der Waals surface area contributed by atoms with E-state index in [0.29, 0.717) is 18.8 Å². The summed E-state index contributed by atoms with van der Waals surface area (Å²) in [5.74, 6) is 0.677. The molecule has 0 fully saturated rings. The quantitative estimate of drug-likeness (QED) is 0.758. The maximum Gasteiger partial charge on any atom is 0.233 e. The van der Waals surface area contributed by atoms with E-state index < -0.39 is 0 Å². The highest BCUT2D eigenvalue weighted by molar-refractivity contribution is 5.77. The molecule has 5 nitrogen and oxygen atoms in total. The Labute approximate surface area is 119 Å². The van der Waals surface area contributed by atoms with Crippen LogP contribution in [0.15, 0.2) is 24.3 Å². The molecular formula is C15H21N3O2. The van der Waals surface area contributed by atoms with Gasteiger partial charge in [0.15, 0.2) is 6.61 Å². The normalized spacial score (nSPS) is 11.4. The van der Waals surface area contributed by atoms with Crippen molar-refractivity contribution in [2.24, 2.45) is 0 Å². The lowest BCUT2D eigenvalue weighted by atomic mass is 10.1. The third kappa shape index (κ3) is 5.72. The van der Waals surface area contributed by atoms with Gasteiger partial charge < -0.3 is 15.4 Å². The molecule has 0 saturated carbocycles. The van der Waals surface area contributed by atoms with Crippen molar-refractivity contribution in [3.8, 4) is 11.8 Å². The van der Waals surface area contributed by atoms with Crippen LogP contribution in [0.25, 0.3) is 0 Å². The summed E-state index contributed by atoms with van der Waals surface area (Å²) in [5.41, 5.74) is 1.07. The van der Waals surface area contributed by atoms with E-state index in [0.717, 1.165) is 12.0 Å². The van der Waals surface area contributed by atoms with Crippen LogP contribution in [0.3, 0.4) is 0 Å². The second-order valence-corrected chi connectivity index (χ2v) is 4.47. The smallest absolute Gasteiger partial charge is 0.233 e. The lowest BCUT2D eigenvalue weighted by Crippen LogP contribution is -2.35. The van der Waals surface area contributed by atoms with Gasteiger partial charge in [-0.05, 0) is 31.0 Å². The summed E-state index contributed by atoms with van der Waals surface area (Å²) in [5, 5.41) is 14.4. The Morgan fingerprint density at radius 3 is 2.70 bits per heavy atom. The largest absolute Gasteiger partial charge is 0.479 e. The SMILES string of the molecule is CCCNC(=O)CNC(C)c1ccc(OCC#N)cc1.